The van der Waals surface area contributed by atoms with E-state index in [1.54, 1.807) is 30.3 Å². The largest absolute Gasteiger partial charge is 0.545 e. The number of carbonyl (C=O) groups is 2. The van der Waals surface area contributed by atoms with Crippen molar-refractivity contribution >= 4 is 44.8 Å². The molecular formula is C19H13BrNO3S-. The smallest absolute Gasteiger partial charge is 0.268 e. The van der Waals surface area contributed by atoms with Crippen LogP contribution < -0.4 is 10.0 Å². The maximum absolute atomic E-state index is 13.0. The van der Waals surface area contributed by atoms with E-state index in [1.165, 1.54) is 22.3 Å². The van der Waals surface area contributed by atoms with Crippen LogP contribution in [0.2, 0.25) is 0 Å². The molecule has 0 spiro atoms. The lowest BCUT2D eigenvalue weighted by molar-refractivity contribution is -0.254. The average molecular weight is 415 g/mol. The van der Waals surface area contributed by atoms with Crippen LogP contribution in [-0.4, -0.2) is 11.9 Å². The molecule has 0 unspecified atom stereocenters. The molecule has 0 saturated carbocycles. The summed E-state index contributed by atoms with van der Waals surface area (Å²) in [6.07, 6.45) is 0. The summed E-state index contributed by atoms with van der Waals surface area (Å²) < 4.78 is 0.933. The minimum atomic E-state index is -1.31. The van der Waals surface area contributed by atoms with Gasteiger partial charge in [-0.15, -0.1) is 11.3 Å². The number of aromatic carboxylic acids is 1. The van der Waals surface area contributed by atoms with Gasteiger partial charge in [0.25, 0.3) is 5.91 Å². The maximum Gasteiger partial charge on any atom is 0.268 e. The van der Waals surface area contributed by atoms with E-state index in [2.05, 4.69) is 15.9 Å². The van der Waals surface area contributed by atoms with Gasteiger partial charge in [-0.2, -0.15) is 0 Å². The second-order valence-corrected chi connectivity index (χ2v) is 7.16. The van der Waals surface area contributed by atoms with Crippen molar-refractivity contribution in [1.29, 1.82) is 0 Å². The van der Waals surface area contributed by atoms with Gasteiger partial charge in [-0.05, 0) is 35.2 Å². The highest BCUT2D eigenvalue weighted by molar-refractivity contribution is 9.10. The van der Waals surface area contributed by atoms with Crippen molar-refractivity contribution in [2.75, 3.05) is 4.90 Å². The maximum atomic E-state index is 13.0. The van der Waals surface area contributed by atoms with Crippen molar-refractivity contribution in [2.45, 2.75) is 6.54 Å². The Bertz CT molecular complexity index is 891. The minimum absolute atomic E-state index is 0.00971. The molecule has 0 aliphatic carbocycles. The Balaban J connectivity index is 2.04. The van der Waals surface area contributed by atoms with E-state index in [0.717, 1.165) is 10.0 Å². The molecular weight excluding hydrogens is 402 g/mol. The number of carbonyl (C=O) groups excluding carboxylic acids is 2. The molecule has 126 valence electrons. The van der Waals surface area contributed by atoms with Gasteiger partial charge >= 0.3 is 0 Å². The summed E-state index contributed by atoms with van der Waals surface area (Å²) in [5, 5.41) is 13.3. The number of anilines is 1. The van der Waals surface area contributed by atoms with Crippen LogP contribution >= 0.6 is 27.3 Å². The number of carboxylic acid groups (broad SMARTS) is 1. The van der Waals surface area contributed by atoms with Crippen LogP contribution in [0.25, 0.3) is 0 Å². The van der Waals surface area contributed by atoms with E-state index in [-0.39, 0.29) is 18.0 Å². The number of carboxylic acids is 1. The van der Waals surface area contributed by atoms with Gasteiger partial charge < -0.3 is 14.8 Å². The lowest BCUT2D eigenvalue weighted by Gasteiger charge is -2.25. The van der Waals surface area contributed by atoms with Crippen molar-refractivity contribution in [3.8, 4) is 0 Å². The van der Waals surface area contributed by atoms with E-state index < -0.39 is 5.97 Å². The third-order valence-corrected chi connectivity index (χ3v) is 5.03. The second kappa shape index (κ2) is 7.63. The molecule has 0 N–H and O–H groups in total. The molecule has 0 atom stereocenters. The lowest BCUT2D eigenvalue weighted by atomic mass is 10.1. The number of rotatable bonds is 5. The van der Waals surface area contributed by atoms with E-state index >= 15 is 0 Å². The number of hydrogen-bond donors (Lipinski definition) is 0. The normalized spacial score (nSPS) is 10.4. The van der Waals surface area contributed by atoms with Crippen molar-refractivity contribution in [2.24, 2.45) is 0 Å². The third-order valence-electron chi connectivity index (χ3n) is 3.65. The molecule has 0 aliphatic heterocycles. The minimum Gasteiger partial charge on any atom is -0.545 e. The summed E-state index contributed by atoms with van der Waals surface area (Å²) in [4.78, 5) is 26.5. The number of benzene rings is 2. The number of para-hydroxylation sites is 1. The molecule has 2 aromatic carbocycles. The Morgan fingerprint density at radius 3 is 2.36 bits per heavy atom. The zero-order valence-electron chi connectivity index (χ0n) is 13.0. The fourth-order valence-electron chi connectivity index (χ4n) is 2.45. The molecule has 1 amide bonds. The van der Waals surface area contributed by atoms with Gasteiger partial charge in [-0.25, -0.2) is 0 Å². The highest BCUT2D eigenvalue weighted by Crippen LogP contribution is 2.26. The summed E-state index contributed by atoms with van der Waals surface area (Å²) in [6.45, 7) is 0.258. The Labute approximate surface area is 157 Å². The molecule has 0 bridgehead atoms. The van der Waals surface area contributed by atoms with Gasteiger partial charge in [0.05, 0.1) is 23.1 Å². The summed E-state index contributed by atoms with van der Waals surface area (Å²) in [7, 11) is 0. The Morgan fingerprint density at radius 1 is 1.00 bits per heavy atom. The first-order valence-electron chi connectivity index (χ1n) is 7.46. The predicted octanol–water partition coefficient (Wildman–Crippen LogP) is 3.72. The van der Waals surface area contributed by atoms with Crippen LogP contribution in [0.1, 0.15) is 25.6 Å². The molecule has 3 aromatic rings. The van der Waals surface area contributed by atoms with E-state index in [1.807, 2.05) is 29.6 Å². The van der Waals surface area contributed by atoms with Crippen LogP contribution in [0.5, 0.6) is 0 Å². The van der Waals surface area contributed by atoms with Crippen molar-refractivity contribution in [3.05, 3.63) is 86.5 Å². The molecule has 0 fully saturated rings. The van der Waals surface area contributed by atoms with Gasteiger partial charge in [0, 0.05) is 10.0 Å². The lowest BCUT2D eigenvalue weighted by Crippen LogP contribution is -2.33. The molecule has 4 nitrogen and oxygen atoms in total. The zero-order chi connectivity index (χ0) is 17.8. The van der Waals surface area contributed by atoms with Crippen LogP contribution in [0.3, 0.4) is 0 Å². The molecule has 1 heterocycles. The summed E-state index contributed by atoms with van der Waals surface area (Å²) in [5.41, 5.74) is 1.20. The Morgan fingerprint density at radius 2 is 1.72 bits per heavy atom. The second-order valence-electron chi connectivity index (χ2n) is 5.30. The number of amides is 1. The van der Waals surface area contributed by atoms with E-state index in [9.17, 15) is 14.7 Å². The molecule has 0 aliphatic rings. The third kappa shape index (κ3) is 3.97. The van der Waals surface area contributed by atoms with Gasteiger partial charge in [-0.1, -0.05) is 52.3 Å². The number of halogens is 1. The van der Waals surface area contributed by atoms with Crippen LogP contribution in [0.15, 0.2) is 70.5 Å². The van der Waals surface area contributed by atoms with Gasteiger partial charge in [0.2, 0.25) is 0 Å². The quantitative estimate of drug-likeness (QED) is 0.638. The topological polar surface area (TPSA) is 60.4 Å². The predicted molar refractivity (Wildman–Crippen MR) is 99.7 cm³/mol. The van der Waals surface area contributed by atoms with Crippen LogP contribution in [0.4, 0.5) is 5.69 Å². The molecule has 0 radical (unpaired) electrons. The molecule has 25 heavy (non-hydrogen) atoms. The highest BCUT2D eigenvalue weighted by Gasteiger charge is 2.21. The monoisotopic (exact) mass is 414 g/mol. The molecule has 1 aromatic heterocycles. The summed E-state index contributed by atoms with van der Waals surface area (Å²) in [6, 6.07) is 17.4. The average Bonchev–Trinajstić information content (AvgIpc) is 3.15. The van der Waals surface area contributed by atoms with Crippen LogP contribution in [0, 0.1) is 0 Å². The fraction of sp³-hybridized carbons (Fsp3) is 0.0526. The standard InChI is InChI=1S/C19H14BrNO3S/c20-14-9-7-13(8-10-14)12-21(18(22)17-6-3-11-25-17)16-5-2-1-4-15(16)19(23)24/h1-11H,12H2,(H,23,24)/p-1. The van der Waals surface area contributed by atoms with Crippen molar-refractivity contribution in [3.63, 3.8) is 0 Å². The first-order valence-corrected chi connectivity index (χ1v) is 9.13. The van der Waals surface area contributed by atoms with E-state index in [0.29, 0.717) is 10.6 Å². The summed E-state index contributed by atoms with van der Waals surface area (Å²) in [5.74, 6) is -1.55. The molecule has 6 heteroatoms. The first-order chi connectivity index (χ1) is 12.1. The van der Waals surface area contributed by atoms with Crippen LogP contribution in [-0.2, 0) is 6.54 Å². The number of hydrogen-bond acceptors (Lipinski definition) is 4. The highest BCUT2D eigenvalue weighted by atomic mass is 79.9. The number of thiophene rings is 1. The molecule has 3 rings (SSSR count). The SMILES string of the molecule is O=C([O-])c1ccccc1N(Cc1ccc(Br)cc1)C(=O)c1cccs1. The van der Waals surface area contributed by atoms with Gasteiger partial charge in [0.15, 0.2) is 0 Å². The first kappa shape index (κ1) is 17.4. The Kier molecular flexibility index (Phi) is 5.31. The Hall–Kier alpha value is -2.44. The van der Waals surface area contributed by atoms with Crippen molar-refractivity contribution in [1.82, 2.24) is 0 Å². The number of nitrogens with zero attached hydrogens (tertiary/aromatic N) is 1. The van der Waals surface area contributed by atoms with Gasteiger partial charge in [-0.3, -0.25) is 4.79 Å². The fourth-order valence-corrected chi connectivity index (χ4v) is 3.39. The van der Waals surface area contributed by atoms with E-state index in [4.69, 9.17) is 0 Å². The zero-order valence-corrected chi connectivity index (χ0v) is 15.4. The van der Waals surface area contributed by atoms with Gasteiger partial charge in [0.1, 0.15) is 0 Å². The van der Waals surface area contributed by atoms with Crippen molar-refractivity contribution < 1.29 is 14.7 Å². The molecule has 0 saturated heterocycles. The summed E-state index contributed by atoms with van der Waals surface area (Å²) >= 11 is 4.70.